The second kappa shape index (κ2) is 4.82. The predicted octanol–water partition coefficient (Wildman–Crippen LogP) is 1.40. The first-order chi connectivity index (χ1) is 7.30. The van der Waals surface area contributed by atoms with Gasteiger partial charge in [0.2, 0.25) is 0 Å². The topological polar surface area (TPSA) is 50.9 Å². The molecule has 0 saturated heterocycles. The standard InChI is InChI=1S/C9H14F3N3O/c1-6(2)4-15-8(13-5-14-15)3-7(16)9(10,11)12/h5-7,16H,3-4H2,1-2H3/t7-/m0/s1. The Kier molecular flexibility index (Phi) is 3.90. The highest BCUT2D eigenvalue weighted by Crippen LogP contribution is 2.22. The van der Waals surface area contributed by atoms with E-state index >= 15 is 0 Å². The minimum atomic E-state index is -4.62. The highest BCUT2D eigenvalue weighted by atomic mass is 19.4. The Bertz CT molecular complexity index is 335. The smallest absolute Gasteiger partial charge is 0.383 e. The Morgan fingerprint density at radius 2 is 2.06 bits per heavy atom. The lowest BCUT2D eigenvalue weighted by atomic mass is 10.2. The van der Waals surface area contributed by atoms with Crippen molar-refractivity contribution in [1.82, 2.24) is 14.8 Å². The molecule has 0 aliphatic carbocycles. The number of nitrogens with zero attached hydrogens (tertiary/aromatic N) is 3. The fourth-order valence-corrected chi connectivity index (χ4v) is 1.23. The van der Waals surface area contributed by atoms with E-state index in [0.717, 1.165) is 0 Å². The zero-order valence-electron chi connectivity index (χ0n) is 9.07. The van der Waals surface area contributed by atoms with Gasteiger partial charge in [-0.3, -0.25) is 0 Å². The lowest BCUT2D eigenvalue weighted by molar-refractivity contribution is -0.203. The molecule has 0 fully saturated rings. The fraction of sp³-hybridized carbons (Fsp3) is 0.778. The summed E-state index contributed by atoms with van der Waals surface area (Å²) in [6.45, 7) is 4.33. The van der Waals surface area contributed by atoms with Crippen LogP contribution in [0.4, 0.5) is 13.2 Å². The molecule has 16 heavy (non-hydrogen) atoms. The maximum absolute atomic E-state index is 12.1. The summed E-state index contributed by atoms with van der Waals surface area (Å²) >= 11 is 0. The zero-order chi connectivity index (χ0) is 12.3. The SMILES string of the molecule is CC(C)Cn1ncnc1C[C@H](O)C(F)(F)F. The molecule has 0 radical (unpaired) electrons. The molecule has 0 unspecified atom stereocenters. The van der Waals surface area contributed by atoms with Gasteiger partial charge in [0.15, 0.2) is 6.10 Å². The Morgan fingerprint density at radius 3 is 2.56 bits per heavy atom. The van der Waals surface area contributed by atoms with Crippen LogP contribution < -0.4 is 0 Å². The van der Waals surface area contributed by atoms with Crippen molar-refractivity contribution in [2.24, 2.45) is 5.92 Å². The first kappa shape index (κ1) is 13.0. The van der Waals surface area contributed by atoms with Crippen molar-refractivity contribution in [3.8, 4) is 0 Å². The molecule has 92 valence electrons. The van der Waals surface area contributed by atoms with Crippen LogP contribution in [0.3, 0.4) is 0 Å². The van der Waals surface area contributed by atoms with Crippen LogP contribution in [0.1, 0.15) is 19.7 Å². The Morgan fingerprint density at radius 1 is 1.44 bits per heavy atom. The number of aliphatic hydroxyl groups is 1. The molecule has 0 saturated carbocycles. The van der Waals surface area contributed by atoms with E-state index in [4.69, 9.17) is 5.11 Å². The number of aliphatic hydroxyl groups excluding tert-OH is 1. The maximum Gasteiger partial charge on any atom is 0.414 e. The summed E-state index contributed by atoms with van der Waals surface area (Å²) in [5.41, 5.74) is 0. The molecular weight excluding hydrogens is 223 g/mol. The summed E-state index contributed by atoms with van der Waals surface area (Å²) in [5, 5.41) is 12.7. The molecule has 0 spiro atoms. The average molecular weight is 237 g/mol. The molecule has 0 aromatic carbocycles. The van der Waals surface area contributed by atoms with Crippen molar-refractivity contribution >= 4 is 0 Å². The van der Waals surface area contributed by atoms with Crippen LogP contribution in [0, 0.1) is 5.92 Å². The van der Waals surface area contributed by atoms with E-state index in [-0.39, 0.29) is 11.7 Å². The number of halogens is 3. The van der Waals surface area contributed by atoms with Gasteiger partial charge < -0.3 is 5.11 Å². The van der Waals surface area contributed by atoms with Gasteiger partial charge in [0.05, 0.1) is 0 Å². The van der Waals surface area contributed by atoms with Crippen molar-refractivity contribution in [2.45, 2.75) is 39.1 Å². The molecule has 1 N–H and O–H groups in total. The van der Waals surface area contributed by atoms with Gasteiger partial charge in [-0.05, 0) is 5.92 Å². The second-order valence-electron chi connectivity index (χ2n) is 4.01. The third-order valence-corrected chi connectivity index (χ3v) is 1.99. The van der Waals surface area contributed by atoms with Crippen LogP contribution in [0.2, 0.25) is 0 Å². The average Bonchev–Trinajstić information content (AvgIpc) is 2.50. The van der Waals surface area contributed by atoms with Crippen LogP contribution in [0.5, 0.6) is 0 Å². The Labute approximate surface area is 91.1 Å². The third-order valence-electron chi connectivity index (χ3n) is 1.99. The number of aromatic nitrogens is 3. The third kappa shape index (κ3) is 3.48. The van der Waals surface area contributed by atoms with E-state index in [0.29, 0.717) is 6.54 Å². The van der Waals surface area contributed by atoms with Crippen molar-refractivity contribution < 1.29 is 18.3 Å². The minimum absolute atomic E-state index is 0.151. The monoisotopic (exact) mass is 237 g/mol. The summed E-state index contributed by atoms with van der Waals surface area (Å²) in [5.74, 6) is 0.405. The summed E-state index contributed by atoms with van der Waals surface area (Å²) in [7, 11) is 0. The summed E-state index contributed by atoms with van der Waals surface area (Å²) in [4.78, 5) is 3.71. The largest absolute Gasteiger partial charge is 0.414 e. The van der Waals surface area contributed by atoms with Gasteiger partial charge in [-0.25, -0.2) is 9.67 Å². The van der Waals surface area contributed by atoms with E-state index < -0.39 is 18.7 Å². The molecule has 1 atom stereocenters. The predicted molar refractivity (Wildman–Crippen MR) is 50.6 cm³/mol. The summed E-state index contributed by atoms with van der Waals surface area (Å²) < 4.78 is 37.8. The normalized spacial score (nSPS) is 14.4. The summed E-state index contributed by atoms with van der Waals surface area (Å²) in [6, 6.07) is 0. The van der Waals surface area contributed by atoms with E-state index in [1.165, 1.54) is 11.0 Å². The van der Waals surface area contributed by atoms with E-state index in [1.54, 1.807) is 0 Å². The number of rotatable bonds is 4. The van der Waals surface area contributed by atoms with E-state index in [2.05, 4.69) is 10.1 Å². The molecule has 0 aliphatic heterocycles. The molecule has 7 heteroatoms. The van der Waals surface area contributed by atoms with Crippen LogP contribution >= 0.6 is 0 Å². The van der Waals surface area contributed by atoms with Crippen molar-refractivity contribution in [1.29, 1.82) is 0 Å². The molecule has 4 nitrogen and oxygen atoms in total. The van der Waals surface area contributed by atoms with Crippen LogP contribution in [0.25, 0.3) is 0 Å². The van der Waals surface area contributed by atoms with Crippen molar-refractivity contribution in [3.63, 3.8) is 0 Å². The minimum Gasteiger partial charge on any atom is -0.383 e. The lowest BCUT2D eigenvalue weighted by Crippen LogP contribution is -2.31. The lowest BCUT2D eigenvalue weighted by Gasteiger charge is -2.15. The quantitative estimate of drug-likeness (QED) is 0.861. The van der Waals surface area contributed by atoms with E-state index in [1.807, 2.05) is 13.8 Å². The number of alkyl halides is 3. The molecule has 1 aromatic heterocycles. The fourth-order valence-electron chi connectivity index (χ4n) is 1.23. The van der Waals surface area contributed by atoms with Crippen molar-refractivity contribution in [2.75, 3.05) is 0 Å². The maximum atomic E-state index is 12.1. The molecule has 1 rings (SSSR count). The molecule has 1 heterocycles. The van der Waals surface area contributed by atoms with Crippen molar-refractivity contribution in [3.05, 3.63) is 12.2 Å². The molecule has 0 aliphatic rings. The van der Waals surface area contributed by atoms with E-state index in [9.17, 15) is 13.2 Å². The Hall–Kier alpha value is -1.11. The second-order valence-corrected chi connectivity index (χ2v) is 4.01. The zero-order valence-corrected chi connectivity index (χ0v) is 9.07. The molecule has 0 amide bonds. The number of hydrogen-bond acceptors (Lipinski definition) is 3. The van der Waals surface area contributed by atoms with Gasteiger partial charge in [0, 0.05) is 13.0 Å². The summed E-state index contributed by atoms with van der Waals surface area (Å²) in [6.07, 6.45) is -6.37. The number of hydrogen-bond donors (Lipinski definition) is 1. The first-order valence-electron chi connectivity index (χ1n) is 4.92. The molecular formula is C9H14F3N3O. The van der Waals surface area contributed by atoms with Gasteiger partial charge >= 0.3 is 6.18 Å². The highest BCUT2D eigenvalue weighted by Gasteiger charge is 2.39. The molecule has 1 aromatic rings. The first-order valence-corrected chi connectivity index (χ1v) is 4.92. The van der Waals surface area contributed by atoms with Gasteiger partial charge in [-0.1, -0.05) is 13.8 Å². The van der Waals surface area contributed by atoms with Gasteiger partial charge in [0.25, 0.3) is 0 Å². The Balaban J connectivity index is 2.70. The van der Waals surface area contributed by atoms with Crippen LogP contribution in [0.15, 0.2) is 6.33 Å². The van der Waals surface area contributed by atoms with Crippen LogP contribution in [-0.4, -0.2) is 32.2 Å². The highest BCUT2D eigenvalue weighted by molar-refractivity contribution is 4.89. The molecule has 0 bridgehead atoms. The van der Waals surface area contributed by atoms with Gasteiger partial charge in [-0.2, -0.15) is 18.3 Å². The van der Waals surface area contributed by atoms with Gasteiger partial charge in [0.1, 0.15) is 12.2 Å². The van der Waals surface area contributed by atoms with Crippen LogP contribution in [-0.2, 0) is 13.0 Å². The van der Waals surface area contributed by atoms with Gasteiger partial charge in [-0.15, -0.1) is 0 Å².